The SMILES string of the molecule is CN=C(NCC(c1ccc(OC)cc1)N(C)C)N1CCC(COCc2ccccc2)C1. The van der Waals surface area contributed by atoms with Gasteiger partial charge in [0.2, 0.25) is 0 Å². The number of benzene rings is 2. The number of ether oxygens (including phenoxy) is 2. The summed E-state index contributed by atoms with van der Waals surface area (Å²) < 4.78 is 11.3. The molecule has 6 nitrogen and oxygen atoms in total. The number of nitrogens with one attached hydrogen (secondary N) is 1. The molecule has 0 aliphatic carbocycles. The first-order valence-electron chi connectivity index (χ1n) is 11.0. The number of methoxy groups -OCH3 is 1. The number of likely N-dealkylation sites (tertiary alicyclic amines) is 1. The van der Waals surface area contributed by atoms with Crippen LogP contribution in [0.2, 0.25) is 0 Å². The van der Waals surface area contributed by atoms with Crippen LogP contribution in [-0.4, -0.2) is 70.3 Å². The number of hydrogen-bond acceptors (Lipinski definition) is 4. The van der Waals surface area contributed by atoms with Crippen molar-refractivity contribution in [3.63, 3.8) is 0 Å². The van der Waals surface area contributed by atoms with Gasteiger partial charge < -0.3 is 24.6 Å². The summed E-state index contributed by atoms with van der Waals surface area (Å²) in [7, 11) is 7.77. The molecule has 1 saturated heterocycles. The molecule has 1 fully saturated rings. The number of aliphatic imine (C=N–C) groups is 1. The number of nitrogens with zero attached hydrogens (tertiary/aromatic N) is 3. The zero-order valence-corrected chi connectivity index (χ0v) is 19.3. The Morgan fingerprint density at radius 1 is 1.16 bits per heavy atom. The summed E-state index contributed by atoms with van der Waals surface area (Å²) in [6, 6.07) is 18.9. The molecule has 168 valence electrons. The largest absolute Gasteiger partial charge is 0.497 e. The van der Waals surface area contributed by atoms with Gasteiger partial charge in [0.1, 0.15) is 5.75 Å². The smallest absolute Gasteiger partial charge is 0.193 e. The second-order valence-corrected chi connectivity index (χ2v) is 8.28. The van der Waals surface area contributed by atoms with Crippen molar-refractivity contribution in [3.05, 3.63) is 65.7 Å². The van der Waals surface area contributed by atoms with E-state index in [2.05, 4.69) is 70.6 Å². The maximum atomic E-state index is 5.97. The van der Waals surface area contributed by atoms with Crippen LogP contribution in [0.4, 0.5) is 0 Å². The average molecular weight is 425 g/mol. The highest BCUT2D eigenvalue weighted by atomic mass is 16.5. The van der Waals surface area contributed by atoms with Crippen molar-refractivity contribution >= 4 is 5.96 Å². The zero-order valence-electron chi connectivity index (χ0n) is 19.3. The molecule has 0 aromatic heterocycles. The standard InChI is InChI=1S/C25H36N4O2/c1-26-25(27-16-24(28(2)3)22-10-12-23(30-4)13-11-22)29-15-14-21(17-29)19-31-18-20-8-6-5-7-9-20/h5-13,21,24H,14-19H2,1-4H3,(H,26,27). The van der Waals surface area contributed by atoms with Crippen LogP contribution in [0.5, 0.6) is 5.75 Å². The van der Waals surface area contributed by atoms with Crippen molar-refractivity contribution < 1.29 is 9.47 Å². The maximum Gasteiger partial charge on any atom is 0.193 e. The van der Waals surface area contributed by atoms with Crippen LogP contribution in [0.1, 0.15) is 23.6 Å². The fourth-order valence-electron chi connectivity index (χ4n) is 4.02. The lowest BCUT2D eigenvalue weighted by atomic mass is 10.1. The van der Waals surface area contributed by atoms with Crippen molar-refractivity contribution in [1.82, 2.24) is 15.1 Å². The van der Waals surface area contributed by atoms with Gasteiger partial charge in [-0.3, -0.25) is 4.99 Å². The fraction of sp³-hybridized carbons (Fsp3) is 0.480. The molecule has 1 N–H and O–H groups in total. The molecule has 0 amide bonds. The van der Waals surface area contributed by atoms with Crippen LogP contribution in [0.25, 0.3) is 0 Å². The molecule has 0 spiro atoms. The first-order valence-corrected chi connectivity index (χ1v) is 11.0. The predicted octanol–water partition coefficient (Wildman–Crippen LogP) is 3.41. The first-order chi connectivity index (χ1) is 15.1. The van der Waals surface area contributed by atoms with E-state index in [4.69, 9.17) is 9.47 Å². The molecule has 1 aliphatic heterocycles. The Labute approximate surface area is 186 Å². The number of guanidine groups is 1. The lowest BCUT2D eigenvalue weighted by Crippen LogP contribution is -2.43. The topological polar surface area (TPSA) is 49.3 Å². The fourth-order valence-corrected chi connectivity index (χ4v) is 4.02. The van der Waals surface area contributed by atoms with Gasteiger partial charge in [-0.25, -0.2) is 0 Å². The summed E-state index contributed by atoms with van der Waals surface area (Å²) in [6.07, 6.45) is 1.13. The Morgan fingerprint density at radius 3 is 2.55 bits per heavy atom. The summed E-state index contributed by atoms with van der Waals surface area (Å²) >= 11 is 0. The molecule has 6 heteroatoms. The Kier molecular flexibility index (Phi) is 8.74. The Morgan fingerprint density at radius 2 is 1.90 bits per heavy atom. The Bertz CT molecular complexity index is 808. The third kappa shape index (κ3) is 6.71. The number of rotatable bonds is 9. The lowest BCUT2D eigenvalue weighted by molar-refractivity contribution is 0.0906. The van der Waals surface area contributed by atoms with Crippen LogP contribution < -0.4 is 10.1 Å². The van der Waals surface area contributed by atoms with E-state index < -0.39 is 0 Å². The van der Waals surface area contributed by atoms with Crippen LogP contribution >= 0.6 is 0 Å². The van der Waals surface area contributed by atoms with Gasteiger partial charge >= 0.3 is 0 Å². The van der Waals surface area contributed by atoms with Gasteiger partial charge in [-0.15, -0.1) is 0 Å². The summed E-state index contributed by atoms with van der Waals surface area (Å²) in [5, 5.41) is 3.58. The van der Waals surface area contributed by atoms with E-state index in [-0.39, 0.29) is 6.04 Å². The maximum absolute atomic E-state index is 5.97. The molecule has 2 aromatic rings. The van der Waals surface area contributed by atoms with Crippen LogP contribution in [0.15, 0.2) is 59.6 Å². The van der Waals surface area contributed by atoms with Gasteiger partial charge in [-0.1, -0.05) is 42.5 Å². The van der Waals surface area contributed by atoms with Crippen LogP contribution in [0.3, 0.4) is 0 Å². The van der Waals surface area contributed by atoms with E-state index in [0.717, 1.165) is 44.4 Å². The second-order valence-electron chi connectivity index (χ2n) is 8.28. The molecule has 2 aromatic carbocycles. The Hall–Kier alpha value is -2.57. The minimum atomic E-state index is 0.246. The molecule has 2 atom stereocenters. The summed E-state index contributed by atoms with van der Waals surface area (Å²) in [6.45, 7) is 4.24. The van der Waals surface area contributed by atoms with Gasteiger partial charge in [0, 0.05) is 32.6 Å². The molecule has 2 unspecified atom stereocenters. The summed E-state index contributed by atoms with van der Waals surface area (Å²) in [5.74, 6) is 2.38. The van der Waals surface area contributed by atoms with Crippen LogP contribution in [-0.2, 0) is 11.3 Å². The highest BCUT2D eigenvalue weighted by Crippen LogP contribution is 2.22. The van der Waals surface area contributed by atoms with Gasteiger partial charge in [0.05, 0.1) is 26.4 Å². The monoisotopic (exact) mass is 424 g/mol. The van der Waals surface area contributed by atoms with Gasteiger partial charge in [0.25, 0.3) is 0 Å². The van der Waals surface area contributed by atoms with Crippen molar-refractivity contribution in [1.29, 1.82) is 0 Å². The molecule has 3 rings (SSSR count). The van der Waals surface area contributed by atoms with E-state index in [0.29, 0.717) is 12.5 Å². The molecular formula is C25H36N4O2. The minimum absolute atomic E-state index is 0.246. The Balaban J connectivity index is 1.48. The first kappa shape index (κ1) is 23.1. The van der Waals surface area contributed by atoms with Crippen LogP contribution in [0, 0.1) is 5.92 Å². The molecule has 1 heterocycles. The highest BCUT2D eigenvalue weighted by molar-refractivity contribution is 5.80. The van der Waals surface area contributed by atoms with Gasteiger partial charge in [-0.05, 0) is 43.8 Å². The van der Waals surface area contributed by atoms with Gasteiger partial charge in [0.15, 0.2) is 5.96 Å². The molecule has 0 radical (unpaired) electrons. The zero-order chi connectivity index (χ0) is 22.1. The van der Waals surface area contributed by atoms with Crippen molar-refractivity contribution in [2.24, 2.45) is 10.9 Å². The number of likely N-dealkylation sites (N-methyl/N-ethyl adjacent to an activating group) is 1. The van der Waals surface area contributed by atoms with E-state index in [1.54, 1.807) is 7.11 Å². The summed E-state index contributed by atoms with van der Waals surface area (Å²) in [4.78, 5) is 9.11. The summed E-state index contributed by atoms with van der Waals surface area (Å²) in [5.41, 5.74) is 2.48. The van der Waals surface area contributed by atoms with Crippen molar-refractivity contribution in [3.8, 4) is 5.75 Å². The molecule has 1 aliphatic rings. The predicted molar refractivity (Wildman–Crippen MR) is 127 cm³/mol. The lowest BCUT2D eigenvalue weighted by Gasteiger charge is -2.28. The molecular weight excluding hydrogens is 388 g/mol. The molecule has 0 bridgehead atoms. The van der Waals surface area contributed by atoms with Crippen molar-refractivity contribution in [2.75, 3.05) is 54.5 Å². The van der Waals surface area contributed by atoms with Gasteiger partial charge in [-0.2, -0.15) is 0 Å². The molecule has 31 heavy (non-hydrogen) atoms. The van der Waals surface area contributed by atoms with Crippen molar-refractivity contribution in [2.45, 2.75) is 19.1 Å². The normalized spacial score (nSPS) is 17.8. The van der Waals surface area contributed by atoms with E-state index >= 15 is 0 Å². The third-order valence-electron chi connectivity index (χ3n) is 5.84. The van der Waals surface area contributed by atoms with E-state index in [1.165, 1.54) is 11.1 Å². The molecule has 0 saturated carbocycles. The average Bonchev–Trinajstić information content (AvgIpc) is 3.26. The minimum Gasteiger partial charge on any atom is -0.497 e. The third-order valence-corrected chi connectivity index (χ3v) is 5.84. The second kappa shape index (κ2) is 11.7. The number of hydrogen-bond donors (Lipinski definition) is 1. The van der Waals surface area contributed by atoms with E-state index in [9.17, 15) is 0 Å². The highest BCUT2D eigenvalue weighted by Gasteiger charge is 2.25. The van der Waals surface area contributed by atoms with E-state index in [1.807, 2.05) is 25.2 Å². The quantitative estimate of drug-likeness (QED) is 0.494.